The molecule has 5 heteroatoms. The van der Waals surface area contributed by atoms with E-state index in [0.29, 0.717) is 12.2 Å². The quantitative estimate of drug-likeness (QED) is 0.619. The van der Waals surface area contributed by atoms with Gasteiger partial charge < -0.3 is 14.0 Å². The second-order valence-corrected chi connectivity index (χ2v) is 6.88. The molecule has 0 N–H and O–H groups in total. The van der Waals surface area contributed by atoms with Crippen molar-refractivity contribution in [2.45, 2.75) is 45.8 Å². The van der Waals surface area contributed by atoms with Gasteiger partial charge in [-0.2, -0.15) is 0 Å². The molecular formula is C19H24BFO3. The smallest absolute Gasteiger partial charge is 0.398 e. The number of halogens is 1. The number of methoxy groups -OCH3 is 1. The summed E-state index contributed by atoms with van der Waals surface area (Å²) >= 11 is 0. The Morgan fingerprint density at radius 1 is 1.21 bits per heavy atom. The molecular weight excluding hydrogens is 306 g/mol. The maximum absolute atomic E-state index is 14.9. The number of benzene rings is 1. The summed E-state index contributed by atoms with van der Waals surface area (Å²) in [5.41, 5.74) is 0.516. The third-order valence-corrected chi connectivity index (χ3v) is 4.56. The summed E-state index contributed by atoms with van der Waals surface area (Å²) < 4.78 is 31.4. The average Bonchev–Trinajstić information content (AvgIpc) is 2.74. The average molecular weight is 330 g/mol. The van der Waals surface area contributed by atoms with Crippen LogP contribution in [0.15, 0.2) is 30.0 Å². The highest BCUT2D eigenvalue weighted by molar-refractivity contribution is 6.55. The van der Waals surface area contributed by atoms with Crippen LogP contribution < -0.4 is 0 Å². The van der Waals surface area contributed by atoms with Gasteiger partial charge in [0.1, 0.15) is 12.3 Å². The molecule has 1 aliphatic rings. The van der Waals surface area contributed by atoms with Crippen molar-refractivity contribution in [3.05, 3.63) is 41.1 Å². The van der Waals surface area contributed by atoms with E-state index in [-0.39, 0.29) is 0 Å². The Hall–Kier alpha value is -1.61. The minimum absolute atomic E-state index is 0.362. The minimum Gasteiger partial charge on any atom is -0.398 e. The fourth-order valence-electron chi connectivity index (χ4n) is 2.30. The number of rotatable bonds is 3. The summed E-state index contributed by atoms with van der Waals surface area (Å²) in [6.45, 7) is 9.70. The molecule has 0 radical (unpaired) electrons. The molecule has 0 spiro atoms. The Balaban J connectivity index is 2.27. The van der Waals surface area contributed by atoms with Gasteiger partial charge in [0.2, 0.25) is 0 Å². The molecule has 3 nitrogen and oxygen atoms in total. The maximum Gasteiger partial charge on any atom is 0.525 e. The molecule has 1 heterocycles. The Bertz CT molecular complexity index is 682. The first kappa shape index (κ1) is 18.7. The zero-order chi connectivity index (χ0) is 18.0. The number of ether oxygens (including phenoxy) is 1. The highest BCUT2D eigenvalue weighted by atomic mass is 19.1. The summed E-state index contributed by atoms with van der Waals surface area (Å²) in [6, 6.07) is 7.43. The van der Waals surface area contributed by atoms with Gasteiger partial charge in [0.15, 0.2) is 0 Å². The largest absolute Gasteiger partial charge is 0.525 e. The van der Waals surface area contributed by atoms with Crippen molar-refractivity contribution in [3.8, 4) is 11.8 Å². The SMILES string of the molecule is COCC#Cc1cccc(C(C)=C(F)B2OC(C)(C)C(C)(C)O2)c1. The number of allylic oxidation sites excluding steroid dienone is 1. The number of hydrogen-bond acceptors (Lipinski definition) is 3. The highest BCUT2D eigenvalue weighted by Gasteiger charge is 2.53. The molecule has 0 aliphatic carbocycles. The van der Waals surface area contributed by atoms with E-state index in [0.717, 1.165) is 11.1 Å². The van der Waals surface area contributed by atoms with Crippen LogP contribution in [0, 0.1) is 11.8 Å². The predicted molar refractivity (Wildman–Crippen MR) is 95.0 cm³/mol. The van der Waals surface area contributed by atoms with Crippen LogP contribution in [0.4, 0.5) is 4.39 Å². The summed E-state index contributed by atoms with van der Waals surface area (Å²) in [7, 11) is 0.607. The van der Waals surface area contributed by atoms with E-state index in [1.54, 1.807) is 14.0 Å². The van der Waals surface area contributed by atoms with Gasteiger partial charge in [-0.3, -0.25) is 0 Å². The molecule has 1 aliphatic heterocycles. The fraction of sp³-hybridized carbons (Fsp3) is 0.474. The molecule has 128 valence electrons. The molecule has 1 saturated heterocycles. The summed E-state index contributed by atoms with van der Waals surface area (Å²) in [4.78, 5) is 0. The van der Waals surface area contributed by atoms with Crippen LogP contribution in [0.25, 0.3) is 5.57 Å². The molecule has 0 aromatic heterocycles. The highest BCUT2D eigenvalue weighted by Crippen LogP contribution is 2.40. The van der Waals surface area contributed by atoms with Crippen molar-refractivity contribution in [1.82, 2.24) is 0 Å². The molecule has 0 atom stereocenters. The molecule has 24 heavy (non-hydrogen) atoms. The van der Waals surface area contributed by atoms with E-state index in [1.807, 2.05) is 52.0 Å². The first-order valence-electron chi connectivity index (χ1n) is 7.98. The third-order valence-electron chi connectivity index (χ3n) is 4.56. The van der Waals surface area contributed by atoms with Crippen LogP contribution in [0.1, 0.15) is 45.7 Å². The normalized spacial score (nSPS) is 19.5. The second kappa shape index (κ2) is 7.10. The Kier molecular flexibility index (Phi) is 5.54. The molecule has 0 amide bonds. The summed E-state index contributed by atoms with van der Waals surface area (Å²) in [6.07, 6.45) is 0. The van der Waals surface area contributed by atoms with E-state index < -0.39 is 24.0 Å². The lowest BCUT2D eigenvalue weighted by Gasteiger charge is -2.32. The van der Waals surface area contributed by atoms with E-state index in [1.165, 1.54) is 0 Å². The first-order valence-corrected chi connectivity index (χ1v) is 7.98. The van der Waals surface area contributed by atoms with E-state index >= 15 is 0 Å². The van der Waals surface area contributed by atoms with Gasteiger partial charge in [-0.05, 0) is 57.9 Å². The maximum atomic E-state index is 14.9. The van der Waals surface area contributed by atoms with Crippen LogP contribution in [0.5, 0.6) is 0 Å². The van der Waals surface area contributed by atoms with Crippen molar-refractivity contribution in [1.29, 1.82) is 0 Å². The standard InChI is InChI=1S/C19H24BFO3/c1-14(16-11-7-9-15(13-16)10-8-12-22-6)17(21)20-23-18(2,3)19(4,5)24-20/h7,9,11,13H,12H2,1-6H3. The summed E-state index contributed by atoms with van der Waals surface area (Å²) in [5.74, 6) is 5.88. The van der Waals surface area contributed by atoms with E-state index in [2.05, 4.69) is 11.8 Å². The first-order chi connectivity index (χ1) is 11.2. The van der Waals surface area contributed by atoms with Gasteiger partial charge in [0, 0.05) is 12.7 Å². The van der Waals surface area contributed by atoms with Gasteiger partial charge >= 0.3 is 7.12 Å². The Morgan fingerprint density at radius 2 is 1.83 bits per heavy atom. The van der Waals surface area contributed by atoms with Crippen molar-refractivity contribution >= 4 is 12.7 Å². The van der Waals surface area contributed by atoms with Gasteiger partial charge in [-0.1, -0.05) is 24.0 Å². The Morgan fingerprint density at radius 3 is 2.42 bits per heavy atom. The molecule has 1 aromatic rings. The monoisotopic (exact) mass is 330 g/mol. The fourth-order valence-corrected chi connectivity index (χ4v) is 2.30. The molecule has 1 fully saturated rings. The van der Waals surface area contributed by atoms with Gasteiger partial charge in [-0.25, -0.2) is 4.39 Å². The van der Waals surface area contributed by atoms with E-state index in [9.17, 15) is 4.39 Å². The summed E-state index contributed by atoms with van der Waals surface area (Å²) in [5, 5.41) is 0. The molecule has 2 rings (SSSR count). The molecule has 1 aromatic carbocycles. The van der Waals surface area contributed by atoms with Crippen molar-refractivity contribution in [2.24, 2.45) is 0 Å². The van der Waals surface area contributed by atoms with Crippen LogP contribution in [-0.4, -0.2) is 32.0 Å². The van der Waals surface area contributed by atoms with Crippen molar-refractivity contribution in [2.75, 3.05) is 13.7 Å². The third kappa shape index (κ3) is 3.89. The van der Waals surface area contributed by atoms with Crippen LogP contribution in [-0.2, 0) is 14.0 Å². The lowest BCUT2D eigenvalue weighted by molar-refractivity contribution is 0.00578. The lowest BCUT2D eigenvalue weighted by atomic mass is 9.83. The number of hydrogen-bond donors (Lipinski definition) is 0. The second-order valence-electron chi connectivity index (χ2n) is 6.88. The minimum atomic E-state index is -0.988. The van der Waals surface area contributed by atoms with Gasteiger partial charge in [0.25, 0.3) is 0 Å². The van der Waals surface area contributed by atoms with E-state index in [4.69, 9.17) is 14.0 Å². The lowest BCUT2D eigenvalue weighted by Crippen LogP contribution is -2.41. The Labute approximate surface area is 144 Å². The zero-order valence-corrected chi connectivity index (χ0v) is 15.2. The topological polar surface area (TPSA) is 27.7 Å². The van der Waals surface area contributed by atoms with Crippen LogP contribution in [0.2, 0.25) is 0 Å². The van der Waals surface area contributed by atoms with Crippen LogP contribution >= 0.6 is 0 Å². The predicted octanol–water partition coefficient (Wildman–Crippen LogP) is 4.02. The van der Waals surface area contributed by atoms with Gasteiger partial charge in [0.05, 0.1) is 11.2 Å². The zero-order valence-electron chi connectivity index (χ0n) is 15.2. The van der Waals surface area contributed by atoms with Crippen LogP contribution in [0.3, 0.4) is 0 Å². The van der Waals surface area contributed by atoms with Crippen molar-refractivity contribution in [3.63, 3.8) is 0 Å². The van der Waals surface area contributed by atoms with Crippen molar-refractivity contribution < 1.29 is 18.4 Å². The van der Waals surface area contributed by atoms with Gasteiger partial charge in [-0.15, -0.1) is 0 Å². The molecule has 0 bridgehead atoms. The molecule has 0 saturated carbocycles. The molecule has 0 unspecified atom stereocenters.